The van der Waals surface area contributed by atoms with Crippen LogP contribution in [-0.4, -0.2) is 11.2 Å². The Bertz CT molecular complexity index is 151. The molecule has 78 valence electrons. The van der Waals surface area contributed by atoms with Crippen molar-refractivity contribution in [3.63, 3.8) is 0 Å². The van der Waals surface area contributed by atoms with Gasteiger partial charge in [-0.15, -0.1) is 0 Å². The van der Waals surface area contributed by atoms with Crippen molar-refractivity contribution in [2.75, 3.05) is 0 Å². The van der Waals surface area contributed by atoms with Crippen molar-refractivity contribution in [1.29, 1.82) is 0 Å². The minimum Gasteiger partial charge on any atom is -0.393 e. The monoisotopic (exact) mass is 184 g/mol. The minimum atomic E-state index is -0.0440. The Morgan fingerprint density at radius 1 is 1.15 bits per heavy atom. The maximum atomic E-state index is 10.0. The summed E-state index contributed by atoms with van der Waals surface area (Å²) in [7, 11) is 0. The molecule has 0 amide bonds. The maximum absolute atomic E-state index is 10.0. The van der Waals surface area contributed by atoms with Crippen LogP contribution in [0.15, 0.2) is 0 Å². The van der Waals surface area contributed by atoms with Crippen LogP contribution in [-0.2, 0) is 0 Å². The third-order valence-electron chi connectivity index (χ3n) is 3.89. The van der Waals surface area contributed by atoms with E-state index < -0.39 is 0 Å². The fraction of sp³-hybridized carbons (Fsp3) is 1.00. The summed E-state index contributed by atoms with van der Waals surface area (Å²) in [6, 6.07) is 0. The third kappa shape index (κ3) is 2.70. The van der Waals surface area contributed by atoms with Crippen molar-refractivity contribution in [3.05, 3.63) is 0 Å². The molecule has 2 atom stereocenters. The Morgan fingerprint density at radius 3 is 2.38 bits per heavy atom. The van der Waals surface area contributed by atoms with Gasteiger partial charge in [-0.25, -0.2) is 0 Å². The summed E-state index contributed by atoms with van der Waals surface area (Å²) in [5, 5.41) is 10.0. The average molecular weight is 184 g/mol. The fourth-order valence-electron chi connectivity index (χ4n) is 2.46. The molecule has 1 N–H and O–H groups in total. The highest BCUT2D eigenvalue weighted by atomic mass is 16.3. The zero-order valence-corrected chi connectivity index (χ0v) is 9.34. The van der Waals surface area contributed by atoms with Gasteiger partial charge in [0.15, 0.2) is 0 Å². The largest absolute Gasteiger partial charge is 0.393 e. The highest BCUT2D eigenvalue weighted by molar-refractivity contribution is 4.84. The molecule has 0 aromatic rings. The first-order valence-electron chi connectivity index (χ1n) is 5.76. The first kappa shape index (κ1) is 11.0. The lowest BCUT2D eigenvalue weighted by molar-refractivity contribution is 0.0269. The van der Waals surface area contributed by atoms with E-state index in [9.17, 15) is 5.11 Å². The van der Waals surface area contributed by atoms with Crippen LogP contribution in [0.3, 0.4) is 0 Å². The molecule has 1 rings (SSSR count). The number of hydrogen-bond donors (Lipinski definition) is 1. The first-order valence-corrected chi connectivity index (χ1v) is 5.76. The van der Waals surface area contributed by atoms with Gasteiger partial charge in [-0.05, 0) is 24.2 Å². The van der Waals surface area contributed by atoms with Crippen molar-refractivity contribution >= 4 is 0 Å². The molecule has 1 saturated carbocycles. The quantitative estimate of drug-likeness (QED) is 0.652. The molecular weight excluding hydrogens is 160 g/mol. The first-order chi connectivity index (χ1) is 6.08. The van der Waals surface area contributed by atoms with Crippen LogP contribution in [0.1, 0.15) is 59.3 Å². The lowest BCUT2D eigenvalue weighted by Crippen LogP contribution is -2.32. The molecule has 0 aromatic carbocycles. The van der Waals surface area contributed by atoms with Crippen molar-refractivity contribution < 1.29 is 5.11 Å². The Kier molecular flexibility index (Phi) is 3.78. The van der Waals surface area contributed by atoms with E-state index in [1.165, 1.54) is 32.1 Å². The molecule has 0 radical (unpaired) electrons. The molecule has 0 aromatic heterocycles. The zero-order valence-electron chi connectivity index (χ0n) is 9.34. The molecular formula is C12H24O. The highest BCUT2D eigenvalue weighted by Crippen LogP contribution is 2.39. The van der Waals surface area contributed by atoms with E-state index in [0.29, 0.717) is 11.3 Å². The van der Waals surface area contributed by atoms with Gasteiger partial charge in [-0.2, -0.15) is 0 Å². The molecule has 0 heterocycles. The van der Waals surface area contributed by atoms with Crippen molar-refractivity contribution in [3.8, 4) is 0 Å². The molecule has 13 heavy (non-hydrogen) atoms. The van der Waals surface area contributed by atoms with Gasteiger partial charge in [0.25, 0.3) is 0 Å². The van der Waals surface area contributed by atoms with E-state index >= 15 is 0 Å². The van der Waals surface area contributed by atoms with E-state index in [4.69, 9.17) is 0 Å². The number of rotatable bonds is 2. The predicted octanol–water partition coefficient (Wildman–Crippen LogP) is 3.36. The predicted molar refractivity (Wildman–Crippen MR) is 56.7 cm³/mol. The van der Waals surface area contributed by atoms with Crippen molar-refractivity contribution in [2.24, 2.45) is 11.3 Å². The lowest BCUT2D eigenvalue weighted by atomic mass is 9.72. The van der Waals surface area contributed by atoms with E-state index in [1.807, 2.05) is 0 Å². The van der Waals surface area contributed by atoms with Crippen LogP contribution in [0.5, 0.6) is 0 Å². The van der Waals surface area contributed by atoms with Crippen LogP contribution >= 0.6 is 0 Å². The summed E-state index contributed by atoms with van der Waals surface area (Å²) in [5.74, 6) is 0.528. The van der Waals surface area contributed by atoms with E-state index in [0.717, 1.165) is 6.42 Å². The average Bonchev–Trinajstić information content (AvgIpc) is 2.30. The SMILES string of the molecule is CCC(C)(C)C1CCCCCC1O. The van der Waals surface area contributed by atoms with E-state index in [2.05, 4.69) is 20.8 Å². The summed E-state index contributed by atoms with van der Waals surface area (Å²) in [4.78, 5) is 0. The fourth-order valence-corrected chi connectivity index (χ4v) is 2.46. The molecule has 0 saturated heterocycles. The van der Waals surface area contributed by atoms with Crippen LogP contribution in [0.2, 0.25) is 0 Å². The molecule has 1 aliphatic carbocycles. The Morgan fingerprint density at radius 2 is 1.77 bits per heavy atom. The second kappa shape index (κ2) is 4.45. The molecule has 1 heteroatoms. The summed E-state index contributed by atoms with van der Waals surface area (Å²) < 4.78 is 0. The molecule has 1 aliphatic rings. The lowest BCUT2D eigenvalue weighted by Gasteiger charge is -2.36. The minimum absolute atomic E-state index is 0.0440. The molecule has 1 nitrogen and oxygen atoms in total. The molecule has 2 unspecified atom stereocenters. The van der Waals surface area contributed by atoms with Crippen molar-refractivity contribution in [1.82, 2.24) is 0 Å². The van der Waals surface area contributed by atoms with Gasteiger partial charge in [-0.3, -0.25) is 0 Å². The van der Waals surface area contributed by atoms with Crippen LogP contribution in [0, 0.1) is 11.3 Å². The maximum Gasteiger partial charge on any atom is 0.0573 e. The summed E-state index contributed by atoms with van der Waals surface area (Å²) in [6.07, 6.45) is 7.22. The highest BCUT2D eigenvalue weighted by Gasteiger charge is 2.33. The van der Waals surface area contributed by atoms with Crippen molar-refractivity contribution in [2.45, 2.75) is 65.4 Å². The third-order valence-corrected chi connectivity index (χ3v) is 3.89. The van der Waals surface area contributed by atoms with Gasteiger partial charge in [0.05, 0.1) is 6.10 Å². The Hall–Kier alpha value is -0.0400. The molecule has 0 spiro atoms. The van der Waals surface area contributed by atoms with E-state index in [1.54, 1.807) is 0 Å². The molecule has 1 fully saturated rings. The molecule has 0 aliphatic heterocycles. The standard InChI is InChI=1S/C12H24O/c1-4-12(2,3)10-8-6-5-7-9-11(10)13/h10-11,13H,4-9H2,1-3H3. The number of hydrogen-bond acceptors (Lipinski definition) is 1. The van der Waals surface area contributed by atoms with Gasteiger partial charge >= 0.3 is 0 Å². The second-order valence-corrected chi connectivity index (χ2v) is 5.15. The van der Waals surface area contributed by atoms with E-state index in [-0.39, 0.29) is 6.10 Å². The van der Waals surface area contributed by atoms with Gasteiger partial charge < -0.3 is 5.11 Å². The molecule has 0 bridgehead atoms. The Balaban J connectivity index is 2.63. The smallest absolute Gasteiger partial charge is 0.0573 e. The summed E-state index contributed by atoms with van der Waals surface area (Å²) in [5.41, 5.74) is 0.323. The Labute approximate surface area is 82.5 Å². The summed E-state index contributed by atoms with van der Waals surface area (Å²) >= 11 is 0. The second-order valence-electron chi connectivity index (χ2n) is 5.15. The normalized spacial score (nSPS) is 31.4. The van der Waals surface area contributed by atoms with Gasteiger partial charge in [0, 0.05) is 0 Å². The summed E-state index contributed by atoms with van der Waals surface area (Å²) in [6.45, 7) is 6.83. The van der Waals surface area contributed by atoms with Gasteiger partial charge in [0.2, 0.25) is 0 Å². The van der Waals surface area contributed by atoms with Gasteiger partial charge in [-0.1, -0.05) is 46.5 Å². The zero-order chi connectivity index (χ0) is 9.90. The number of aliphatic hydroxyl groups excluding tert-OH is 1. The van der Waals surface area contributed by atoms with Crippen LogP contribution < -0.4 is 0 Å². The topological polar surface area (TPSA) is 20.2 Å². The van der Waals surface area contributed by atoms with Crippen LogP contribution in [0.4, 0.5) is 0 Å². The number of aliphatic hydroxyl groups is 1. The van der Waals surface area contributed by atoms with Crippen LogP contribution in [0.25, 0.3) is 0 Å². The van der Waals surface area contributed by atoms with Gasteiger partial charge in [0.1, 0.15) is 0 Å².